The molecule has 0 radical (unpaired) electrons. The third kappa shape index (κ3) is 4.96. The number of carbonyl (C=O) groups is 1. The van der Waals surface area contributed by atoms with Crippen molar-refractivity contribution in [3.05, 3.63) is 34.1 Å². The molecule has 1 unspecified atom stereocenters. The van der Waals surface area contributed by atoms with Crippen LogP contribution in [0.1, 0.15) is 17.3 Å². The summed E-state index contributed by atoms with van der Waals surface area (Å²) < 4.78 is 13.6. The third-order valence-corrected chi connectivity index (χ3v) is 3.58. The van der Waals surface area contributed by atoms with E-state index < -0.39 is 17.3 Å². The molecule has 0 saturated carbocycles. The van der Waals surface area contributed by atoms with Gasteiger partial charge in [0.2, 0.25) is 0 Å². The Bertz CT molecular complexity index is 420. The van der Waals surface area contributed by atoms with Crippen LogP contribution in [0.15, 0.2) is 22.7 Å². The quantitative estimate of drug-likeness (QED) is 0.868. The largest absolute Gasteiger partial charge is 0.387 e. The lowest BCUT2D eigenvalue weighted by Gasteiger charge is -2.22. The second-order valence-electron chi connectivity index (χ2n) is 4.27. The van der Waals surface area contributed by atoms with Crippen LogP contribution in [0.5, 0.6) is 0 Å². The second-order valence-corrected chi connectivity index (χ2v) is 6.05. The van der Waals surface area contributed by atoms with Crippen LogP contribution in [0.25, 0.3) is 0 Å². The SMILES string of the molecule is CSCC(C)(O)CNC(=O)c1cc(F)cc(Br)c1. The lowest BCUT2D eigenvalue weighted by atomic mass is 10.1. The zero-order valence-electron chi connectivity index (χ0n) is 10.2. The summed E-state index contributed by atoms with van der Waals surface area (Å²) in [5.74, 6) is -0.373. The number of carbonyl (C=O) groups excluding carboxylic acids is 1. The topological polar surface area (TPSA) is 49.3 Å². The van der Waals surface area contributed by atoms with E-state index in [1.165, 1.54) is 23.9 Å². The molecule has 1 amide bonds. The van der Waals surface area contributed by atoms with Gasteiger partial charge in [-0.15, -0.1) is 0 Å². The van der Waals surface area contributed by atoms with Crippen molar-refractivity contribution in [2.24, 2.45) is 0 Å². The number of aliphatic hydroxyl groups is 1. The number of halogens is 2. The van der Waals surface area contributed by atoms with E-state index in [4.69, 9.17) is 0 Å². The normalized spacial score (nSPS) is 14.1. The van der Waals surface area contributed by atoms with Gasteiger partial charge in [0.05, 0.1) is 5.60 Å². The van der Waals surface area contributed by atoms with Crippen molar-refractivity contribution in [2.75, 3.05) is 18.6 Å². The molecule has 0 aliphatic heterocycles. The first-order chi connectivity index (χ1) is 8.34. The zero-order chi connectivity index (χ0) is 13.8. The van der Waals surface area contributed by atoms with Crippen LogP contribution in [0.2, 0.25) is 0 Å². The van der Waals surface area contributed by atoms with Crippen LogP contribution in [0.3, 0.4) is 0 Å². The number of hydrogen-bond acceptors (Lipinski definition) is 3. The molecule has 3 nitrogen and oxygen atoms in total. The number of thioether (sulfide) groups is 1. The molecule has 0 aliphatic carbocycles. The Balaban J connectivity index is 2.66. The van der Waals surface area contributed by atoms with Crippen molar-refractivity contribution in [1.82, 2.24) is 5.32 Å². The van der Waals surface area contributed by atoms with E-state index in [1.807, 2.05) is 6.26 Å². The number of rotatable bonds is 5. The molecule has 100 valence electrons. The van der Waals surface area contributed by atoms with Gasteiger partial charge in [-0.2, -0.15) is 11.8 Å². The molecule has 1 aromatic rings. The van der Waals surface area contributed by atoms with Gasteiger partial charge < -0.3 is 10.4 Å². The molecule has 0 saturated heterocycles. The first-order valence-electron chi connectivity index (χ1n) is 5.30. The van der Waals surface area contributed by atoms with Gasteiger partial charge in [0.1, 0.15) is 5.82 Å². The van der Waals surface area contributed by atoms with E-state index in [2.05, 4.69) is 21.2 Å². The molecule has 0 aliphatic rings. The van der Waals surface area contributed by atoms with E-state index in [0.717, 1.165) is 6.07 Å². The summed E-state index contributed by atoms with van der Waals surface area (Å²) in [5, 5.41) is 12.5. The highest BCUT2D eigenvalue weighted by atomic mass is 79.9. The molecule has 0 spiro atoms. The van der Waals surface area contributed by atoms with E-state index >= 15 is 0 Å². The van der Waals surface area contributed by atoms with Crippen molar-refractivity contribution < 1.29 is 14.3 Å². The molecule has 0 heterocycles. The summed E-state index contributed by atoms with van der Waals surface area (Å²) in [5.41, 5.74) is -0.749. The Morgan fingerprint density at radius 3 is 2.78 bits per heavy atom. The summed E-state index contributed by atoms with van der Waals surface area (Å²) in [6.07, 6.45) is 1.87. The highest BCUT2D eigenvalue weighted by Crippen LogP contribution is 2.15. The van der Waals surface area contributed by atoms with E-state index in [1.54, 1.807) is 6.92 Å². The predicted octanol–water partition coefficient (Wildman–Crippen LogP) is 2.43. The Hall–Kier alpha value is -0.590. The van der Waals surface area contributed by atoms with Crippen LogP contribution in [-0.2, 0) is 0 Å². The Kier molecular flexibility index (Phi) is 5.62. The van der Waals surface area contributed by atoms with E-state index in [9.17, 15) is 14.3 Å². The van der Waals surface area contributed by atoms with Crippen molar-refractivity contribution >= 4 is 33.6 Å². The minimum atomic E-state index is -0.973. The second kappa shape index (κ2) is 6.54. The van der Waals surface area contributed by atoms with Gasteiger partial charge in [0.15, 0.2) is 0 Å². The van der Waals surface area contributed by atoms with Gasteiger partial charge in [0, 0.05) is 22.3 Å². The number of benzene rings is 1. The average molecular weight is 336 g/mol. The van der Waals surface area contributed by atoms with Gasteiger partial charge in [-0.25, -0.2) is 4.39 Å². The maximum atomic E-state index is 13.1. The highest BCUT2D eigenvalue weighted by molar-refractivity contribution is 9.10. The van der Waals surface area contributed by atoms with Crippen molar-refractivity contribution in [3.63, 3.8) is 0 Å². The van der Waals surface area contributed by atoms with Crippen molar-refractivity contribution in [3.8, 4) is 0 Å². The summed E-state index contributed by atoms with van der Waals surface area (Å²) in [7, 11) is 0. The first-order valence-corrected chi connectivity index (χ1v) is 7.48. The third-order valence-electron chi connectivity index (χ3n) is 2.21. The molecule has 6 heteroatoms. The molecule has 2 N–H and O–H groups in total. The van der Waals surface area contributed by atoms with Gasteiger partial charge >= 0.3 is 0 Å². The van der Waals surface area contributed by atoms with Gasteiger partial charge in [-0.05, 0) is 31.4 Å². The maximum Gasteiger partial charge on any atom is 0.251 e. The van der Waals surface area contributed by atoms with Crippen molar-refractivity contribution in [2.45, 2.75) is 12.5 Å². The van der Waals surface area contributed by atoms with Crippen LogP contribution in [-0.4, -0.2) is 35.2 Å². The molecule has 0 fully saturated rings. The Labute approximate surface area is 118 Å². The monoisotopic (exact) mass is 335 g/mol. The molecular weight excluding hydrogens is 321 g/mol. The molecule has 1 rings (SSSR count). The van der Waals surface area contributed by atoms with E-state index in [-0.39, 0.29) is 12.1 Å². The summed E-state index contributed by atoms with van der Waals surface area (Å²) in [6, 6.07) is 3.96. The fourth-order valence-electron chi connectivity index (χ4n) is 1.42. The summed E-state index contributed by atoms with van der Waals surface area (Å²) in [4.78, 5) is 11.8. The first kappa shape index (κ1) is 15.5. The highest BCUT2D eigenvalue weighted by Gasteiger charge is 2.21. The smallest absolute Gasteiger partial charge is 0.251 e. The van der Waals surface area contributed by atoms with Crippen LogP contribution < -0.4 is 5.32 Å². The van der Waals surface area contributed by atoms with Gasteiger partial charge in [-0.1, -0.05) is 15.9 Å². The summed E-state index contributed by atoms with van der Waals surface area (Å²) in [6.45, 7) is 1.77. The molecule has 1 atom stereocenters. The van der Waals surface area contributed by atoms with Crippen LogP contribution in [0.4, 0.5) is 4.39 Å². The fourth-order valence-corrected chi connectivity index (χ4v) is 2.61. The predicted molar refractivity (Wildman–Crippen MR) is 75.4 cm³/mol. The number of hydrogen-bond donors (Lipinski definition) is 2. The minimum absolute atomic E-state index is 0.126. The van der Waals surface area contributed by atoms with Crippen molar-refractivity contribution in [1.29, 1.82) is 0 Å². The standard InChI is InChI=1S/C12H15BrFNO2S/c1-12(17,7-18-2)6-15-11(16)8-3-9(13)5-10(14)4-8/h3-5,17H,6-7H2,1-2H3,(H,15,16). The van der Waals surface area contributed by atoms with Gasteiger partial charge in [0.25, 0.3) is 5.91 Å². The number of nitrogens with one attached hydrogen (secondary N) is 1. The molecule has 18 heavy (non-hydrogen) atoms. The zero-order valence-corrected chi connectivity index (χ0v) is 12.6. The van der Waals surface area contributed by atoms with Crippen LogP contribution >= 0.6 is 27.7 Å². The summed E-state index contributed by atoms with van der Waals surface area (Å²) >= 11 is 4.62. The van der Waals surface area contributed by atoms with Gasteiger partial charge in [-0.3, -0.25) is 4.79 Å². The lowest BCUT2D eigenvalue weighted by molar-refractivity contribution is 0.0725. The molecular formula is C12H15BrFNO2S. The Morgan fingerprint density at radius 2 is 2.22 bits per heavy atom. The molecule has 1 aromatic carbocycles. The average Bonchev–Trinajstić information content (AvgIpc) is 2.24. The van der Waals surface area contributed by atoms with Crippen LogP contribution in [0, 0.1) is 5.82 Å². The lowest BCUT2D eigenvalue weighted by Crippen LogP contribution is -2.42. The molecule has 0 bridgehead atoms. The minimum Gasteiger partial charge on any atom is -0.387 e. The van der Waals surface area contributed by atoms with E-state index in [0.29, 0.717) is 10.2 Å². The molecule has 0 aromatic heterocycles. The number of amides is 1. The maximum absolute atomic E-state index is 13.1. The Morgan fingerprint density at radius 1 is 1.56 bits per heavy atom. The fraction of sp³-hybridized carbons (Fsp3) is 0.417.